The highest BCUT2D eigenvalue weighted by Gasteiger charge is 2.41. The molecule has 1 aliphatic rings. The minimum Gasteiger partial charge on any atom is -0.444 e. The minimum atomic E-state index is -0.930. The Hall–Kier alpha value is -1.37. The van der Waals surface area contributed by atoms with Gasteiger partial charge >= 0.3 is 6.09 Å². The van der Waals surface area contributed by atoms with Crippen LogP contribution in [0.5, 0.6) is 0 Å². The summed E-state index contributed by atoms with van der Waals surface area (Å²) in [6.45, 7) is 5.56. The van der Waals surface area contributed by atoms with Crippen LogP contribution in [0.15, 0.2) is 0 Å². The lowest BCUT2D eigenvalue weighted by molar-refractivity contribution is -0.488. The van der Waals surface area contributed by atoms with Gasteiger partial charge in [-0.2, -0.15) is 0 Å². The van der Waals surface area contributed by atoms with Crippen molar-refractivity contribution in [1.82, 2.24) is 4.90 Å². The lowest BCUT2D eigenvalue weighted by Crippen LogP contribution is -2.49. The Kier molecular flexibility index (Phi) is 3.61. The lowest BCUT2D eigenvalue weighted by Gasteiger charge is -2.25. The number of nitrogens with zero attached hydrogens (tertiary/aromatic N) is 2. The van der Waals surface area contributed by atoms with Crippen LogP contribution in [0.25, 0.3) is 0 Å². The molecule has 7 nitrogen and oxygen atoms in total. The Balaban J connectivity index is 2.55. The summed E-state index contributed by atoms with van der Waals surface area (Å²) in [4.78, 5) is 23.1. The second kappa shape index (κ2) is 4.48. The molecule has 1 fully saturated rings. The summed E-state index contributed by atoms with van der Waals surface area (Å²) in [6.07, 6.45) is -0.0408. The second-order valence-corrected chi connectivity index (χ2v) is 5.51. The van der Waals surface area contributed by atoms with Crippen molar-refractivity contribution in [3.8, 4) is 0 Å². The lowest BCUT2D eigenvalue weighted by atomic mass is 10.0. The molecule has 1 heterocycles. The number of ether oxygens (including phenoxy) is 1. The molecule has 0 radical (unpaired) electrons. The molecule has 1 atom stereocenters. The third-order valence-electron chi connectivity index (χ3n) is 2.48. The molecule has 1 aliphatic heterocycles. The quantitative estimate of drug-likeness (QED) is 0.567. The zero-order valence-electron chi connectivity index (χ0n) is 10.4. The SMILES string of the molecule is CC(C)(C)OC(=O)N1CCC(N)(C[N+](=O)[O-])C1. The first kappa shape index (κ1) is 13.7. The van der Waals surface area contributed by atoms with Gasteiger partial charge in [-0.15, -0.1) is 0 Å². The fraction of sp³-hybridized carbons (Fsp3) is 0.900. The Morgan fingerprint density at radius 2 is 2.18 bits per heavy atom. The molecule has 2 N–H and O–H groups in total. The first-order valence-electron chi connectivity index (χ1n) is 5.50. The molecule has 7 heteroatoms. The van der Waals surface area contributed by atoms with Crippen molar-refractivity contribution in [2.75, 3.05) is 19.6 Å². The smallest absolute Gasteiger partial charge is 0.410 e. The fourth-order valence-electron chi connectivity index (χ4n) is 1.76. The topological polar surface area (TPSA) is 98.7 Å². The van der Waals surface area contributed by atoms with Crippen LogP contribution in [0.4, 0.5) is 4.79 Å². The van der Waals surface area contributed by atoms with Crippen LogP contribution in [-0.2, 0) is 4.74 Å². The molecule has 0 aliphatic carbocycles. The number of nitrogens with two attached hydrogens (primary N) is 1. The maximum absolute atomic E-state index is 11.7. The summed E-state index contributed by atoms with van der Waals surface area (Å²) < 4.78 is 5.18. The van der Waals surface area contributed by atoms with Gasteiger partial charge in [0.25, 0.3) is 0 Å². The van der Waals surface area contributed by atoms with Gasteiger partial charge < -0.3 is 15.4 Å². The van der Waals surface area contributed by atoms with E-state index in [1.807, 2.05) is 0 Å². The molecule has 1 saturated heterocycles. The third kappa shape index (κ3) is 4.18. The van der Waals surface area contributed by atoms with E-state index < -0.39 is 22.2 Å². The summed E-state index contributed by atoms with van der Waals surface area (Å²) in [5.41, 5.74) is 4.36. The highest BCUT2D eigenvalue weighted by Crippen LogP contribution is 2.21. The molecule has 0 saturated carbocycles. The Labute approximate surface area is 100 Å². The van der Waals surface area contributed by atoms with E-state index in [0.29, 0.717) is 13.0 Å². The van der Waals surface area contributed by atoms with E-state index >= 15 is 0 Å². The standard InChI is InChI=1S/C10H19N3O4/c1-9(2,3)17-8(14)12-5-4-10(11,6-12)7-13(15)16/h4-7,11H2,1-3H3. The van der Waals surface area contributed by atoms with Crippen molar-refractivity contribution >= 4 is 6.09 Å². The fourth-order valence-corrected chi connectivity index (χ4v) is 1.76. The van der Waals surface area contributed by atoms with E-state index in [-0.39, 0.29) is 13.1 Å². The number of carbonyl (C=O) groups excluding carboxylic acids is 1. The molecule has 0 aromatic rings. The summed E-state index contributed by atoms with van der Waals surface area (Å²) in [5.74, 6) is 0. The number of hydrogen-bond acceptors (Lipinski definition) is 5. The highest BCUT2D eigenvalue weighted by atomic mass is 16.6. The van der Waals surface area contributed by atoms with E-state index in [0.717, 1.165) is 0 Å². The van der Waals surface area contributed by atoms with Gasteiger partial charge in [0.2, 0.25) is 6.54 Å². The van der Waals surface area contributed by atoms with Crippen LogP contribution in [0.3, 0.4) is 0 Å². The number of amides is 1. The van der Waals surface area contributed by atoms with Crippen LogP contribution in [0, 0.1) is 10.1 Å². The maximum atomic E-state index is 11.7. The van der Waals surface area contributed by atoms with Crippen LogP contribution in [0.2, 0.25) is 0 Å². The zero-order chi connectivity index (χ0) is 13.3. The minimum absolute atomic E-state index is 0.170. The average molecular weight is 245 g/mol. The van der Waals surface area contributed by atoms with Gasteiger partial charge in [-0.05, 0) is 27.2 Å². The highest BCUT2D eigenvalue weighted by molar-refractivity contribution is 5.68. The van der Waals surface area contributed by atoms with Crippen LogP contribution < -0.4 is 5.73 Å². The molecule has 1 unspecified atom stereocenters. The molecule has 1 rings (SSSR count). The summed E-state index contributed by atoms with van der Waals surface area (Å²) >= 11 is 0. The Bertz CT molecular complexity index is 326. The van der Waals surface area contributed by atoms with Crippen LogP contribution in [-0.4, -0.2) is 46.7 Å². The maximum Gasteiger partial charge on any atom is 0.410 e. The van der Waals surface area contributed by atoms with E-state index in [1.54, 1.807) is 20.8 Å². The van der Waals surface area contributed by atoms with Crippen molar-refractivity contribution in [1.29, 1.82) is 0 Å². The molecule has 1 amide bonds. The zero-order valence-corrected chi connectivity index (χ0v) is 10.4. The number of carbonyl (C=O) groups is 1. The Morgan fingerprint density at radius 3 is 2.65 bits per heavy atom. The number of rotatable bonds is 2. The normalized spacial score (nSPS) is 24.8. The number of hydrogen-bond donors (Lipinski definition) is 1. The average Bonchev–Trinajstić information content (AvgIpc) is 2.43. The Morgan fingerprint density at radius 1 is 1.59 bits per heavy atom. The van der Waals surface area contributed by atoms with Crippen molar-refractivity contribution in [3.05, 3.63) is 10.1 Å². The largest absolute Gasteiger partial charge is 0.444 e. The predicted octanol–water partition coefficient (Wildman–Crippen LogP) is 0.601. The summed E-state index contributed by atoms with van der Waals surface area (Å²) in [7, 11) is 0. The van der Waals surface area contributed by atoms with Gasteiger partial charge in [0, 0.05) is 18.0 Å². The molecule has 0 aromatic heterocycles. The van der Waals surface area contributed by atoms with Gasteiger partial charge in [-0.3, -0.25) is 10.1 Å². The summed E-state index contributed by atoms with van der Waals surface area (Å²) in [5, 5.41) is 10.5. The van der Waals surface area contributed by atoms with Gasteiger partial charge in [-0.1, -0.05) is 0 Å². The van der Waals surface area contributed by atoms with E-state index in [1.165, 1.54) is 4.90 Å². The van der Waals surface area contributed by atoms with Crippen molar-refractivity contribution in [2.45, 2.75) is 38.3 Å². The number of likely N-dealkylation sites (tertiary alicyclic amines) is 1. The van der Waals surface area contributed by atoms with E-state index in [2.05, 4.69) is 0 Å². The van der Waals surface area contributed by atoms with Gasteiger partial charge in [0.15, 0.2) is 0 Å². The van der Waals surface area contributed by atoms with Gasteiger partial charge in [0.1, 0.15) is 11.1 Å². The monoisotopic (exact) mass is 245 g/mol. The second-order valence-electron chi connectivity index (χ2n) is 5.51. The van der Waals surface area contributed by atoms with E-state index in [4.69, 9.17) is 10.5 Å². The molecule has 0 bridgehead atoms. The molecule has 0 aromatic carbocycles. The summed E-state index contributed by atoms with van der Waals surface area (Å²) in [6, 6.07) is 0. The van der Waals surface area contributed by atoms with Crippen molar-refractivity contribution in [2.24, 2.45) is 5.73 Å². The van der Waals surface area contributed by atoms with Gasteiger partial charge in [0.05, 0.1) is 0 Å². The van der Waals surface area contributed by atoms with E-state index in [9.17, 15) is 14.9 Å². The third-order valence-corrected chi connectivity index (χ3v) is 2.48. The first-order valence-corrected chi connectivity index (χ1v) is 5.50. The molecule has 17 heavy (non-hydrogen) atoms. The molecule has 0 spiro atoms. The van der Waals surface area contributed by atoms with Crippen molar-refractivity contribution < 1.29 is 14.5 Å². The van der Waals surface area contributed by atoms with Crippen molar-refractivity contribution in [3.63, 3.8) is 0 Å². The molecular formula is C10H19N3O4. The van der Waals surface area contributed by atoms with Gasteiger partial charge in [-0.25, -0.2) is 4.79 Å². The number of nitro groups is 1. The molecular weight excluding hydrogens is 226 g/mol. The van der Waals surface area contributed by atoms with Crippen LogP contribution in [0.1, 0.15) is 27.2 Å². The predicted molar refractivity (Wildman–Crippen MR) is 61.2 cm³/mol. The first-order chi connectivity index (χ1) is 7.61. The molecule has 98 valence electrons. The van der Waals surface area contributed by atoms with Crippen LogP contribution >= 0.6 is 0 Å².